The van der Waals surface area contributed by atoms with Crippen molar-refractivity contribution in [2.45, 2.75) is 6.92 Å². The Kier molecular flexibility index (Phi) is 4.56. The Morgan fingerprint density at radius 2 is 2.38 bits per heavy atom. The van der Waals surface area contributed by atoms with Crippen LogP contribution in [0.1, 0.15) is 6.92 Å². The third-order valence-corrected chi connectivity index (χ3v) is 1.52. The van der Waals surface area contributed by atoms with Crippen molar-refractivity contribution in [3.05, 3.63) is 23.1 Å². The lowest BCUT2D eigenvalue weighted by molar-refractivity contribution is 1.09. The van der Waals surface area contributed by atoms with Crippen LogP contribution in [0.15, 0.2) is 23.1 Å². The van der Waals surface area contributed by atoms with Gasteiger partial charge in [0, 0.05) is 7.05 Å². The van der Waals surface area contributed by atoms with Crippen molar-refractivity contribution in [3.8, 4) is 0 Å². The molecule has 0 rings (SSSR count). The van der Waals surface area contributed by atoms with E-state index >= 15 is 0 Å². The standard InChI is InChI=1S/C6H11NS/c1-4-5-8-6(2)7-3/h4-5,7H,2H2,1,3H3/b5-4-. The van der Waals surface area contributed by atoms with Crippen molar-refractivity contribution in [2.75, 3.05) is 7.05 Å². The lowest BCUT2D eigenvalue weighted by Crippen LogP contribution is -1.98. The van der Waals surface area contributed by atoms with Gasteiger partial charge in [-0.25, -0.2) is 0 Å². The van der Waals surface area contributed by atoms with Gasteiger partial charge in [-0.1, -0.05) is 24.4 Å². The van der Waals surface area contributed by atoms with Crippen molar-refractivity contribution in [3.63, 3.8) is 0 Å². The van der Waals surface area contributed by atoms with Gasteiger partial charge in [0.25, 0.3) is 0 Å². The Bertz CT molecular complexity index is 96.7. The van der Waals surface area contributed by atoms with Gasteiger partial charge in [0.15, 0.2) is 0 Å². The maximum atomic E-state index is 3.71. The molecule has 0 spiro atoms. The molecule has 0 aliphatic carbocycles. The van der Waals surface area contributed by atoms with Crippen molar-refractivity contribution in [1.82, 2.24) is 5.32 Å². The number of nitrogens with one attached hydrogen (secondary N) is 1. The molecule has 0 atom stereocenters. The zero-order chi connectivity index (χ0) is 6.41. The minimum absolute atomic E-state index is 0.975. The molecule has 0 unspecified atom stereocenters. The highest BCUT2D eigenvalue weighted by Gasteiger charge is 1.80. The average Bonchev–Trinajstić information content (AvgIpc) is 1.83. The number of rotatable bonds is 3. The van der Waals surface area contributed by atoms with Crippen LogP contribution in [0.2, 0.25) is 0 Å². The number of hydrogen-bond acceptors (Lipinski definition) is 2. The summed E-state index contributed by atoms with van der Waals surface area (Å²) in [6, 6.07) is 0. The molecule has 0 radical (unpaired) electrons. The molecule has 0 amide bonds. The quantitative estimate of drug-likeness (QED) is 0.625. The van der Waals surface area contributed by atoms with Crippen LogP contribution in [-0.2, 0) is 0 Å². The van der Waals surface area contributed by atoms with Crippen molar-refractivity contribution in [2.24, 2.45) is 0 Å². The Balaban J connectivity index is 3.25. The summed E-state index contributed by atoms with van der Waals surface area (Å²) in [5, 5.41) is 5.88. The maximum Gasteiger partial charge on any atom is 0.0648 e. The number of hydrogen-bond donors (Lipinski definition) is 1. The van der Waals surface area contributed by atoms with Gasteiger partial charge in [0.2, 0.25) is 0 Å². The summed E-state index contributed by atoms with van der Waals surface area (Å²) in [4.78, 5) is 0. The molecular formula is C6H11NS. The molecule has 2 heteroatoms. The molecule has 0 aromatic carbocycles. The zero-order valence-corrected chi connectivity index (χ0v) is 6.09. The molecule has 0 fully saturated rings. The van der Waals surface area contributed by atoms with Crippen LogP contribution in [0.25, 0.3) is 0 Å². The molecule has 8 heavy (non-hydrogen) atoms. The van der Waals surface area contributed by atoms with E-state index < -0.39 is 0 Å². The lowest BCUT2D eigenvalue weighted by atomic mass is 10.8. The van der Waals surface area contributed by atoms with Gasteiger partial charge in [-0.05, 0) is 12.3 Å². The molecule has 1 N–H and O–H groups in total. The van der Waals surface area contributed by atoms with Gasteiger partial charge in [0.1, 0.15) is 0 Å². The van der Waals surface area contributed by atoms with Gasteiger partial charge in [0.05, 0.1) is 5.03 Å². The third kappa shape index (κ3) is 3.81. The molecule has 0 aromatic heterocycles. The Morgan fingerprint density at radius 3 is 2.75 bits per heavy atom. The van der Waals surface area contributed by atoms with Crippen LogP contribution in [0.5, 0.6) is 0 Å². The van der Waals surface area contributed by atoms with Crippen LogP contribution < -0.4 is 5.32 Å². The smallest absolute Gasteiger partial charge is 0.0648 e. The summed E-state index contributed by atoms with van der Waals surface area (Å²) in [6.45, 7) is 5.69. The SMILES string of the molecule is C=C(NC)S/C=C\C. The molecule has 1 nitrogen and oxygen atoms in total. The van der Waals surface area contributed by atoms with Gasteiger partial charge in [-0.15, -0.1) is 0 Å². The predicted octanol–water partition coefficient (Wildman–Crippen LogP) is 1.94. The van der Waals surface area contributed by atoms with Crippen LogP contribution >= 0.6 is 11.8 Å². The molecule has 0 aromatic rings. The first-order valence-corrected chi connectivity index (χ1v) is 3.33. The first-order chi connectivity index (χ1) is 3.81. The normalized spacial score (nSPS) is 9.75. The minimum Gasteiger partial charge on any atom is -0.383 e. The lowest BCUT2D eigenvalue weighted by Gasteiger charge is -1.95. The van der Waals surface area contributed by atoms with E-state index in [1.807, 2.05) is 25.5 Å². The molecule has 0 aliphatic rings. The van der Waals surface area contributed by atoms with E-state index in [2.05, 4.69) is 11.9 Å². The maximum absolute atomic E-state index is 3.71. The molecule has 0 aliphatic heterocycles. The average molecular weight is 129 g/mol. The van der Waals surface area contributed by atoms with Crippen molar-refractivity contribution >= 4 is 11.8 Å². The van der Waals surface area contributed by atoms with Crippen LogP contribution in [-0.4, -0.2) is 7.05 Å². The van der Waals surface area contributed by atoms with Crippen LogP contribution in [0.4, 0.5) is 0 Å². The van der Waals surface area contributed by atoms with E-state index in [1.54, 1.807) is 11.8 Å². The monoisotopic (exact) mass is 129 g/mol. The van der Waals surface area contributed by atoms with E-state index in [0.717, 1.165) is 5.03 Å². The second kappa shape index (κ2) is 4.78. The summed E-state index contributed by atoms with van der Waals surface area (Å²) in [5.41, 5.74) is 0. The van der Waals surface area contributed by atoms with Crippen molar-refractivity contribution in [1.29, 1.82) is 0 Å². The van der Waals surface area contributed by atoms with Gasteiger partial charge >= 0.3 is 0 Å². The second-order valence-electron chi connectivity index (χ2n) is 1.26. The first-order valence-electron chi connectivity index (χ1n) is 2.45. The first kappa shape index (κ1) is 7.63. The Labute approximate surface area is 54.9 Å². The van der Waals surface area contributed by atoms with E-state index in [4.69, 9.17) is 0 Å². The molecular weight excluding hydrogens is 118 g/mol. The van der Waals surface area contributed by atoms with Gasteiger partial charge in [-0.3, -0.25) is 0 Å². The number of allylic oxidation sites excluding steroid dienone is 1. The van der Waals surface area contributed by atoms with E-state index in [-0.39, 0.29) is 0 Å². The van der Waals surface area contributed by atoms with Crippen LogP contribution in [0.3, 0.4) is 0 Å². The predicted molar refractivity (Wildman–Crippen MR) is 40.6 cm³/mol. The Hall–Kier alpha value is -0.370. The zero-order valence-electron chi connectivity index (χ0n) is 5.27. The fraction of sp³-hybridized carbons (Fsp3) is 0.333. The summed E-state index contributed by atoms with van der Waals surface area (Å²) in [5.74, 6) is 0. The highest BCUT2D eigenvalue weighted by molar-refractivity contribution is 8.05. The Morgan fingerprint density at radius 1 is 1.75 bits per heavy atom. The molecule has 0 heterocycles. The third-order valence-electron chi connectivity index (χ3n) is 0.625. The largest absolute Gasteiger partial charge is 0.383 e. The summed E-state index contributed by atoms with van der Waals surface area (Å²) in [6.07, 6.45) is 1.98. The fourth-order valence-corrected chi connectivity index (χ4v) is 0.627. The second-order valence-corrected chi connectivity index (χ2v) is 2.26. The van der Waals surface area contributed by atoms with E-state index in [9.17, 15) is 0 Å². The summed E-state index contributed by atoms with van der Waals surface area (Å²) >= 11 is 1.59. The van der Waals surface area contributed by atoms with Gasteiger partial charge in [-0.2, -0.15) is 0 Å². The highest BCUT2D eigenvalue weighted by Crippen LogP contribution is 2.09. The van der Waals surface area contributed by atoms with E-state index in [1.165, 1.54) is 0 Å². The molecule has 46 valence electrons. The molecule has 0 saturated carbocycles. The summed E-state index contributed by atoms with van der Waals surface area (Å²) in [7, 11) is 1.86. The highest BCUT2D eigenvalue weighted by atomic mass is 32.2. The fourth-order valence-electron chi connectivity index (χ4n) is 0.209. The molecule has 0 saturated heterocycles. The van der Waals surface area contributed by atoms with Crippen molar-refractivity contribution < 1.29 is 0 Å². The number of thioether (sulfide) groups is 1. The summed E-state index contributed by atoms with van der Waals surface area (Å²) < 4.78 is 0. The van der Waals surface area contributed by atoms with Crippen LogP contribution in [0, 0.1) is 0 Å². The van der Waals surface area contributed by atoms with Gasteiger partial charge < -0.3 is 5.32 Å². The topological polar surface area (TPSA) is 12.0 Å². The minimum atomic E-state index is 0.975. The molecule has 0 bridgehead atoms. The van der Waals surface area contributed by atoms with E-state index in [0.29, 0.717) is 0 Å².